The zero-order valence-corrected chi connectivity index (χ0v) is 10.9. The van der Waals surface area contributed by atoms with E-state index in [1.807, 2.05) is 0 Å². The Labute approximate surface area is 107 Å². The lowest BCUT2D eigenvalue weighted by Crippen LogP contribution is -2.14. The van der Waals surface area contributed by atoms with Crippen LogP contribution >= 0.6 is 27.5 Å². The molecule has 0 amide bonds. The predicted molar refractivity (Wildman–Crippen MR) is 65.3 cm³/mol. The molecule has 0 saturated carbocycles. The van der Waals surface area contributed by atoms with Crippen LogP contribution < -0.4 is 0 Å². The monoisotopic (exact) mass is 304 g/mol. The van der Waals surface area contributed by atoms with E-state index in [4.69, 9.17) is 16.3 Å². The molecule has 0 saturated heterocycles. The Morgan fingerprint density at radius 1 is 1.50 bits per heavy atom. The highest BCUT2D eigenvalue weighted by Crippen LogP contribution is 2.18. The molecule has 0 aromatic heterocycles. The predicted octanol–water partition coefficient (Wildman–Crippen LogP) is 3.71. The zero-order chi connectivity index (χ0) is 12.0. The van der Waals surface area contributed by atoms with Crippen LogP contribution in [0.25, 0.3) is 0 Å². The molecular formula is C10H10BrClN2O2. The van der Waals surface area contributed by atoms with Gasteiger partial charge < -0.3 is 4.74 Å². The summed E-state index contributed by atoms with van der Waals surface area (Å²) in [6, 6.07) is 6.81. The lowest BCUT2D eigenvalue weighted by molar-refractivity contribution is -0.142. The Balaban J connectivity index is 2.59. The van der Waals surface area contributed by atoms with Gasteiger partial charge in [0.2, 0.25) is 4.95 Å². The Kier molecular flexibility index (Phi) is 5.42. The second kappa shape index (κ2) is 6.60. The third kappa shape index (κ3) is 4.28. The van der Waals surface area contributed by atoms with E-state index in [0.29, 0.717) is 17.3 Å². The summed E-state index contributed by atoms with van der Waals surface area (Å²) in [5.74, 6) is -0.458. The van der Waals surface area contributed by atoms with Gasteiger partial charge in [0.25, 0.3) is 0 Å². The molecule has 6 heteroatoms. The summed E-state index contributed by atoms with van der Waals surface area (Å²) in [6.07, 6.45) is 0. The van der Waals surface area contributed by atoms with Gasteiger partial charge in [-0.25, -0.2) is 4.79 Å². The average molecular weight is 306 g/mol. The molecule has 86 valence electrons. The van der Waals surface area contributed by atoms with Crippen molar-refractivity contribution in [2.45, 2.75) is 11.9 Å². The molecule has 1 unspecified atom stereocenters. The van der Waals surface area contributed by atoms with Crippen molar-refractivity contribution in [3.05, 3.63) is 29.3 Å². The maximum absolute atomic E-state index is 11.2. The molecule has 0 bridgehead atoms. The van der Waals surface area contributed by atoms with Crippen molar-refractivity contribution in [3.8, 4) is 0 Å². The number of hydrogen-bond acceptors (Lipinski definition) is 4. The average Bonchev–Trinajstić information content (AvgIpc) is 2.28. The van der Waals surface area contributed by atoms with E-state index in [0.717, 1.165) is 0 Å². The second-order valence-electron chi connectivity index (χ2n) is 2.78. The number of ether oxygens (including phenoxy) is 1. The standard InChI is InChI=1S/C10H10BrClN2O2/c1-2-16-10(15)9(11)14-13-8-5-3-7(12)4-6-8/h3-6,9H,2H2,1H3. The molecule has 1 aromatic carbocycles. The van der Waals surface area contributed by atoms with Crippen LogP contribution in [0.15, 0.2) is 34.5 Å². The van der Waals surface area contributed by atoms with E-state index in [9.17, 15) is 4.79 Å². The van der Waals surface area contributed by atoms with Gasteiger partial charge in [0.15, 0.2) is 0 Å². The number of rotatable bonds is 4. The van der Waals surface area contributed by atoms with Gasteiger partial charge >= 0.3 is 5.97 Å². The third-order valence-electron chi connectivity index (χ3n) is 1.58. The van der Waals surface area contributed by atoms with E-state index in [2.05, 4.69) is 26.2 Å². The molecule has 0 aliphatic heterocycles. The number of benzene rings is 1. The number of carbonyl (C=O) groups excluding carboxylic acids is 1. The van der Waals surface area contributed by atoms with Gasteiger partial charge in [-0.3, -0.25) is 0 Å². The van der Waals surface area contributed by atoms with Crippen molar-refractivity contribution in [3.63, 3.8) is 0 Å². The topological polar surface area (TPSA) is 51.0 Å². The minimum Gasteiger partial charge on any atom is -0.464 e. The molecule has 0 radical (unpaired) electrons. The van der Waals surface area contributed by atoms with Crippen molar-refractivity contribution < 1.29 is 9.53 Å². The molecule has 1 atom stereocenters. The van der Waals surface area contributed by atoms with Gasteiger partial charge in [0, 0.05) is 5.02 Å². The largest absolute Gasteiger partial charge is 0.464 e. The smallest absolute Gasteiger partial charge is 0.343 e. The highest BCUT2D eigenvalue weighted by molar-refractivity contribution is 9.10. The van der Waals surface area contributed by atoms with Gasteiger partial charge in [-0.05, 0) is 47.1 Å². The molecule has 0 heterocycles. The number of hydrogen-bond donors (Lipinski definition) is 0. The van der Waals surface area contributed by atoms with E-state index >= 15 is 0 Å². The Morgan fingerprint density at radius 3 is 2.69 bits per heavy atom. The van der Waals surface area contributed by atoms with Crippen molar-refractivity contribution in [2.75, 3.05) is 6.61 Å². The summed E-state index contributed by atoms with van der Waals surface area (Å²) < 4.78 is 4.75. The summed E-state index contributed by atoms with van der Waals surface area (Å²) in [5, 5.41) is 8.26. The van der Waals surface area contributed by atoms with Crippen LogP contribution in [0.1, 0.15) is 6.92 Å². The lowest BCUT2D eigenvalue weighted by atomic mass is 10.3. The number of halogens is 2. The maximum atomic E-state index is 11.2. The zero-order valence-electron chi connectivity index (χ0n) is 8.56. The van der Waals surface area contributed by atoms with E-state index < -0.39 is 10.9 Å². The number of azo groups is 1. The Bertz CT molecular complexity index is 381. The van der Waals surface area contributed by atoms with Gasteiger partial charge in [0.1, 0.15) is 0 Å². The highest BCUT2D eigenvalue weighted by atomic mass is 79.9. The maximum Gasteiger partial charge on any atom is 0.343 e. The molecular weight excluding hydrogens is 295 g/mol. The van der Waals surface area contributed by atoms with Crippen LogP contribution in [-0.4, -0.2) is 17.5 Å². The number of carbonyl (C=O) groups is 1. The van der Waals surface area contributed by atoms with Gasteiger partial charge in [-0.15, -0.1) is 0 Å². The number of nitrogens with zero attached hydrogens (tertiary/aromatic N) is 2. The first-order chi connectivity index (χ1) is 7.63. The summed E-state index contributed by atoms with van der Waals surface area (Å²) in [5.41, 5.74) is 0.623. The SMILES string of the molecule is CCOC(=O)C(Br)N=Nc1ccc(Cl)cc1. The molecule has 4 nitrogen and oxygen atoms in total. The lowest BCUT2D eigenvalue weighted by Gasteiger charge is -2.02. The van der Waals surface area contributed by atoms with Crippen LogP contribution in [0.4, 0.5) is 5.69 Å². The van der Waals surface area contributed by atoms with Crippen molar-refractivity contribution >= 4 is 39.2 Å². The normalized spacial score (nSPS) is 12.7. The summed E-state index contributed by atoms with van der Waals surface area (Å²) in [7, 11) is 0. The van der Waals surface area contributed by atoms with E-state index in [1.54, 1.807) is 31.2 Å². The fourth-order valence-corrected chi connectivity index (χ4v) is 1.23. The molecule has 0 spiro atoms. The van der Waals surface area contributed by atoms with Crippen LogP contribution in [0.2, 0.25) is 5.02 Å². The Morgan fingerprint density at radius 2 is 2.12 bits per heavy atom. The molecule has 1 rings (SSSR count). The van der Waals surface area contributed by atoms with Gasteiger partial charge in [0.05, 0.1) is 12.3 Å². The minimum absolute atomic E-state index is 0.317. The molecule has 0 aliphatic carbocycles. The first kappa shape index (κ1) is 13.1. The van der Waals surface area contributed by atoms with Crippen molar-refractivity contribution in [1.29, 1.82) is 0 Å². The number of alkyl halides is 1. The third-order valence-corrected chi connectivity index (χ3v) is 2.39. The van der Waals surface area contributed by atoms with Crippen LogP contribution in [-0.2, 0) is 9.53 Å². The first-order valence-electron chi connectivity index (χ1n) is 4.60. The van der Waals surface area contributed by atoms with Crippen molar-refractivity contribution in [1.82, 2.24) is 0 Å². The summed E-state index contributed by atoms with van der Waals surface area (Å²) >= 11 is 8.77. The van der Waals surface area contributed by atoms with E-state index in [-0.39, 0.29) is 0 Å². The van der Waals surface area contributed by atoms with E-state index in [1.165, 1.54) is 0 Å². The quantitative estimate of drug-likeness (QED) is 0.368. The molecule has 0 aliphatic rings. The molecule has 0 N–H and O–H groups in total. The minimum atomic E-state index is -0.775. The first-order valence-corrected chi connectivity index (χ1v) is 5.90. The fourth-order valence-electron chi connectivity index (χ4n) is 0.883. The van der Waals surface area contributed by atoms with Crippen LogP contribution in [0.5, 0.6) is 0 Å². The number of esters is 1. The van der Waals surface area contributed by atoms with Gasteiger partial charge in [-0.2, -0.15) is 10.2 Å². The summed E-state index contributed by atoms with van der Waals surface area (Å²) in [4.78, 5) is 10.4. The molecule has 0 fully saturated rings. The van der Waals surface area contributed by atoms with Crippen LogP contribution in [0, 0.1) is 0 Å². The molecule has 1 aromatic rings. The molecule has 16 heavy (non-hydrogen) atoms. The Hall–Kier alpha value is -0.940. The fraction of sp³-hybridized carbons (Fsp3) is 0.300. The van der Waals surface area contributed by atoms with Crippen LogP contribution in [0.3, 0.4) is 0 Å². The van der Waals surface area contributed by atoms with Gasteiger partial charge in [-0.1, -0.05) is 11.6 Å². The second-order valence-corrected chi connectivity index (χ2v) is 4.08. The van der Waals surface area contributed by atoms with Crippen molar-refractivity contribution in [2.24, 2.45) is 10.2 Å². The summed E-state index contributed by atoms with van der Waals surface area (Å²) in [6.45, 7) is 2.05. The highest BCUT2D eigenvalue weighted by Gasteiger charge is 2.14.